The second-order valence-electron chi connectivity index (χ2n) is 8.96. The molecule has 35 heavy (non-hydrogen) atoms. The lowest BCUT2D eigenvalue weighted by Gasteiger charge is -2.32. The van der Waals surface area contributed by atoms with Crippen molar-refractivity contribution < 1.29 is 9.53 Å². The Balaban J connectivity index is 1.45. The average Bonchev–Trinajstić information content (AvgIpc) is 2.92. The summed E-state index contributed by atoms with van der Waals surface area (Å²) in [7, 11) is 3.65. The van der Waals surface area contributed by atoms with Crippen LogP contribution in [0, 0.1) is 11.3 Å². The third-order valence-electron chi connectivity index (χ3n) is 6.81. The second-order valence-corrected chi connectivity index (χ2v) is 8.96. The molecule has 0 spiro atoms. The molecule has 0 atom stereocenters. The summed E-state index contributed by atoms with van der Waals surface area (Å²) in [6.07, 6.45) is 5.10. The van der Waals surface area contributed by atoms with E-state index in [2.05, 4.69) is 34.1 Å². The summed E-state index contributed by atoms with van der Waals surface area (Å²) in [6.45, 7) is 3.25. The Morgan fingerprint density at radius 2 is 1.89 bits per heavy atom. The summed E-state index contributed by atoms with van der Waals surface area (Å²) >= 11 is 0. The fourth-order valence-electron chi connectivity index (χ4n) is 4.75. The SMILES string of the molecule is COc1ccc(C2=CCc3ncnc(-c4cccc(C(=O)N5CCN(C)CC5)c4)c3C2)cc1C#N. The molecule has 3 aromatic rings. The number of nitrogens with zero attached hydrogens (tertiary/aromatic N) is 5. The van der Waals surface area contributed by atoms with Crippen LogP contribution in [0.25, 0.3) is 16.8 Å². The monoisotopic (exact) mass is 465 g/mol. The summed E-state index contributed by atoms with van der Waals surface area (Å²) in [4.78, 5) is 26.5. The van der Waals surface area contributed by atoms with Crippen LogP contribution >= 0.6 is 0 Å². The van der Waals surface area contributed by atoms with Gasteiger partial charge in [-0.05, 0) is 42.4 Å². The van der Waals surface area contributed by atoms with Gasteiger partial charge in [-0.1, -0.05) is 24.3 Å². The lowest BCUT2D eigenvalue weighted by Crippen LogP contribution is -2.47. The Hall–Kier alpha value is -4.02. The lowest BCUT2D eigenvalue weighted by molar-refractivity contribution is 0.0664. The molecule has 7 heteroatoms. The van der Waals surface area contributed by atoms with Crippen molar-refractivity contribution in [3.8, 4) is 23.1 Å². The number of allylic oxidation sites excluding steroid dienone is 2. The van der Waals surface area contributed by atoms with Crippen molar-refractivity contribution in [2.75, 3.05) is 40.3 Å². The zero-order chi connectivity index (χ0) is 24.4. The molecule has 7 nitrogen and oxygen atoms in total. The Kier molecular flexibility index (Phi) is 6.30. The number of likely N-dealkylation sites (N-methyl/N-ethyl adjacent to an activating group) is 1. The van der Waals surface area contributed by atoms with Gasteiger partial charge in [-0.15, -0.1) is 0 Å². The third-order valence-corrected chi connectivity index (χ3v) is 6.81. The first-order valence-corrected chi connectivity index (χ1v) is 11.8. The zero-order valence-electron chi connectivity index (χ0n) is 20.0. The van der Waals surface area contributed by atoms with E-state index in [9.17, 15) is 10.1 Å². The van der Waals surface area contributed by atoms with E-state index in [1.54, 1.807) is 13.4 Å². The zero-order valence-corrected chi connectivity index (χ0v) is 20.0. The number of hydrogen-bond donors (Lipinski definition) is 0. The molecule has 0 bridgehead atoms. The van der Waals surface area contributed by atoms with Gasteiger partial charge in [0.1, 0.15) is 18.1 Å². The average molecular weight is 466 g/mol. The van der Waals surface area contributed by atoms with Crippen molar-refractivity contribution in [1.82, 2.24) is 19.8 Å². The Labute approximate surface area is 205 Å². The Morgan fingerprint density at radius 3 is 2.66 bits per heavy atom. The first-order chi connectivity index (χ1) is 17.1. The number of methoxy groups -OCH3 is 1. The summed E-state index contributed by atoms with van der Waals surface area (Å²) in [5, 5.41) is 9.50. The van der Waals surface area contributed by atoms with Gasteiger partial charge in [0.05, 0.1) is 24.1 Å². The van der Waals surface area contributed by atoms with Crippen LogP contribution in [0.1, 0.15) is 32.7 Å². The van der Waals surface area contributed by atoms with Crippen molar-refractivity contribution in [1.29, 1.82) is 5.26 Å². The molecule has 2 aliphatic rings. The van der Waals surface area contributed by atoms with Gasteiger partial charge in [-0.25, -0.2) is 9.97 Å². The fourth-order valence-corrected chi connectivity index (χ4v) is 4.75. The standard InChI is InChI=1S/C28H27N5O2/c1-32-10-12-33(13-11-32)28(34)22-5-3-4-21(15-22)27-24-16-20(6-8-25(24)30-18-31-27)19-7-9-26(35-2)23(14-19)17-29/h3-7,9,14-15,18H,8,10-13,16H2,1-2H3. The molecule has 1 amide bonds. The van der Waals surface area contributed by atoms with Crippen LogP contribution in [0.15, 0.2) is 54.9 Å². The van der Waals surface area contributed by atoms with E-state index in [1.807, 2.05) is 47.4 Å². The summed E-state index contributed by atoms with van der Waals surface area (Å²) < 4.78 is 5.30. The number of amides is 1. The molecule has 1 aliphatic carbocycles. The van der Waals surface area contributed by atoms with Gasteiger partial charge in [-0.2, -0.15) is 5.26 Å². The summed E-state index contributed by atoms with van der Waals surface area (Å²) in [5.74, 6) is 0.629. The number of aromatic nitrogens is 2. The molecule has 5 rings (SSSR count). The van der Waals surface area contributed by atoms with Crippen LogP contribution in [0.3, 0.4) is 0 Å². The third kappa shape index (κ3) is 4.53. The molecule has 1 aliphatic heterocycles. The molecule has 0 saturated carbocycles. The van der Waals surface area contributed by atoms with E-state index in [-0.39, 0.29) is 5.91 Å². The van der Waals surface area contributed by atoms with Crippen LogP contribution in [-0.4, -0.2) is 66.0 Å². The van der Waals surface area contributed by atoms with Gasteiger partial charge in [0, 0.05) is 55.7 Å². The van der Waals surface area contributed by atoms with Gasteiger partial charge in [0.2, 0.25) is 0 Å². The van der Waals surface area contributed by atoms with Crippen molar-refractivity contribution in [2.24, 2.45) is 0 Å². The molecule has 1 saturated heterocycles. The van der Waals surface area contributed by atoms with E-state index >= 15 is 0 Å². The minimum Gasteiger partial charge on any atom is -0.495 e. The molecule has 0 unspecified atom stereocenters. The fraction of sp³-hybridized carbons (Fsp3) is 0.286. The van der Waals surface area contributed by atoms with Crippen LogP contribution in [0.4, 0.5) is 0 Å². The highest BCUT2D eigenvalue weighted by Crippen LogP contribution is 2.34. The van der Waals surface area contributed by atoms with E-state index in [0.29, 0.717) is 29.7 Å². The molecule has 2 aromatic carbocycles. The van der Waals surface area contributed by atoms with E-state index in [0.717, 1.165) is 59.8 Å². The Morgan fingerprint density at radius 1 is 1.06 bits per heavy atom. The van der Waals surface area contributed by atoms with E-state index in [4.69, 9.17) is 4.74 Å². The minimum atomic E-state index is 0.0609. The second kappa shape index (κ2) is 9.69. The van der Waals surface area contributed by atoms with Gasteiger partial charge in [0.15, 0.2) is 0 Å². The molecule has 1 fully saturated rings. The molecule has 176 valence electrons. The smallest absolute Gasteiger partial charge is 0.253 e. The number of ether oxygens (including phenoxy) is 1. The number of hydrogen-bond acceptors (Lipinski definition) is 6. The maximum absolute atomic E-state index is 13.2. The highest BCUT2D eigenvalue weighted by Gasteiger charge is 2.23. The van der Waals surface area contributed by atoms with Crippen LogP contribution in [0.5, 0.6) is 5.75 Å². The molecule has 0 radical (unpaired) electrons. The molecule has 2 heterocycles. The summed E-state index contributed by atoms with van der Waals surface area (Å²) in [5.41, 5.74) is 7.11. The van der Waals surface area contributed by atoms with Crippen molar-refractivity contribution in [3.63, 3.8) is 0 Å². The minimum absolute atomic E-state index is 0.0609. The van der Waals surface area contributed by atoms with Crippen LogP contribution < -0.4 is 4.74 Å². The first-order valence-electron chi connectivity index (χ1n) is 11.8. The topological polar surface area (TPSA) is 82.4 Å². The summed E-state index contributed by atoms with van der Waals surface area (Å²) in [6, 6.07) is 15.7. The first kappa shape index (κ1) is 22.8. The number of carbonyl (C=O) groups excluding carboxylic acids is 1. The predicted molar refractivity (Wildman–Crippen MR) is 134 cm³/mol. The predicted octanol–water partition coefficient (Wildman–Crippen LogP) is 3.59. The largest absolute Gasteiger partial charge is 0.495 e. The number of carbonyl (C=O) groups is 1. The van der Waals surface area contributed by atoms with Crippen LogP contribution in [0.2, 0.25) is 0 Å². The number of benzene rings is 2. The highest BCUT2D eigenvalue weighted by molar-refractivity contribution is 5.95. The van der Waals surface area contributed by atoms with E-state index in [1.165, 1.54) is 0 Å². The molecular formula is C28H27N5O2. The lowest BCUT2D eigenvalue weighted by atomic mass is 9.87. The number of nitriles is 1. The van der Waals surface area contributed by atoms with Gasteiger partial charge in [0.25, 0.3) is 5.91 Å². The van der Waals surface area contributed by atoms with Crippen molar-refractivity contribution in [2.45, 2.75) is 12.8 Å². The molecular weight excluding hydrogens is 438 g/mol. The quantitative estimate of drug-likeness (QED) is 0.586. The molecule has 0 N–H and O–H groups in total. The maximum Gasteiger partial charge on any atom is 0.253 e. The normalized spacial score (nSPS) is 15.7. The number of rotatable bonds is 4. The Bertz CT molecular complexity index is 1350. The number of piperazine rings is 1. The maximum atomic E-state index is 13.2. The van der Waals surface area contributed by atoms with E-state index < -0.39 is 0 Å². The number of fused-ring (bicyclic) bond motifs is 1. The van der Waals surface area contributed by atoms with Gasteiger partial charge >= 0.3 is 0 Å². The van der Waals surface area contributed by atoms with Gasteiger partial charge in [-0.3, -0.25) is 4.79 Å². The van der Waals surface area contributed by atoms with Gasteiger partial charge < -0.3 is 14.5 Å². The highest BCUT2D eigenvalue weighted by atomic mass is 16.5. The van der Waals surface area contributed by atoms with Crippen LogP contribution in [-0.2, 0) is 12.8 Å². The van der Waals surface area contributed by atoms with Crippen molar-refractivity contribution >= 4 is 11.5 Å². The molecule has 1 aromatic heterocycles. The van der Waals surface area contributed by atoms with Crippen molar-refractivity contribution in [3.05, 3.63) is 82.8 Å².